The summed E-state index contributed by atoms with van der Waals surface area (Å²) in [6.45, 7) is 0. The van der Waals surface area contributed by atoms with Crippen molar-refractivity contribution in [1.29, 1.82) is 0 Å². The van der Waals surface area contributed by atoms with Gasteiger partial charge in [0.1, 0.15) is 10.8 Å². The summed E-state index contributed by atoms with van der Waals surface area (Å²) in [5.74, 6) is -0.979. The van der Waals surface area contributed by atoms with E-state index in [1.807, 2.05) is 0 Å². The second-order valence-electron chi connectivity index (χ2n) is 5.45. The smallest absolute Gasteiger partial charge is 0.319 e. The highest BCUT2D eigenvalue weighted by molar-refractivity contribution is 5.94. The van der Waals surface area contributed by atoms with Crippen molar-refractivity contribution in [3.8, 4) is 0 Å². The van der Waals surface area contributed by atoms with Gasteiger partial charge < -0.3 is 18.9 Å². The van der Waals surface area contributed by atoms with E-state index in [4.69, 9.17) is 18.9 Å². The molecular formula is C14H14O6. The maximum atomic E-state index is 12.6. The summed E-state index contributed by atoms with van der Waals surface area (Å²) in [5.41, 5.74) is -2.37. The van der Waals surface area contributed by atoms with Gasteiger partial charge in [0.25, 0.3) is 0 Å². The third-order valence-electron chi connectivity index (χ3n) is 5.03. The predicted octanol–water partition coefficient (Wildman–Crippen LogP) is -0.0204. The molecule has 0 N–H and O–H groups in total. The topological polar surface area (TPSA) is 71.1 Å². The molecule has 106 valence electrons. The minimum atomic E-state index is -1.19. The Morgan fingerprint density at radius 3 is 1.35 bits per heavy atom. The molecule has 6 heteroatoms. The zero-order chi connectivity index (χ0) is 14.1. The first-order valence-electron chi connectivity index (χ1n) is 6.48. The number of rotatable bonds is 2. The van der Waals surface area contributed by atoms with Crippen molar-refractivity contribution in [2.24, 2.45) is 10.8 Å². The molecule has 20 heavy (non-hydrogen) atoms. The van der Waals surface area contributed by atoms with Crippen LogP contribution in [0.15, 0.2) is 24.3 Å². The summed E-state index contributed by atoms with van der Waals surface area (Å²) >= 11 is 0. The van der Waals surface area contributed by atoms with Crippen LogP contribution in [-0.2, 0) is 28.5 Å². The molecule has 2 fully saturated rings. The molecule has 0 aliphatic carbocycles. The lowest BCUT2D eigenvalue weighted by Crippen LogP contribution is -2.62. The molecule has 0 aromatic heterocycles. The molecule has 0 aromatic carbocycles. The van der Waals surface area contributed by atoms with E-state index in [-0.39, 0.29) is 0 Å². The van der Waals surface area contributed by atoms with Gasteiger partial charge in [-0.1, -0.05) is 24.3 Å². The van der Waals surface area contributed by atoms with Crippen LogP contribution in [0.1, 0.15) is 0 Å². The molecule has 2 saturated heterocycles. The Balaban J connectivity index is 2.01. The molecule has 4 heterocycles. The van der Waals surface area contributed by atoms with Gasteiger partial charge in [-0.2, -0.15) is 0 Å². The van der Waals surface area contributed by atoms with E-state index < -0.39 is 47.2 Å². The minimum Gasteiger partial charge on any atom is -0.468 e. The van der Waals surface area contributed by atoms with Gasteiger partial charge in [0.05, 0.1) is 38.6 Å². The van der Waals surface area contributed by atoms with Gasteiger partial charge in [0.2, 0.25) is 0 Å². The fraction of sp³-hybridized carbons (Fsp3) is 0.571. The average molecular weight is 278 g/mol. The van der Waals surface area contributed by atoms with Crippen molar-refractivity contribution in [2.45, 2.75) is 24.4 Å². The van der Waals surface area contributed by atoms with Gasteiger partial charge in [0.15, 0.2) is 0 Å². The van der Waals surface area contributed by atoms with Gasteiger partial charge in [-0.25, -0.2) is 0 Å². The van der Waals surface area contributed by atoms with E-state index in [9.17, 15) is 9.59 Å². The van der Waals surface area contributed by atoms with E-state index in [2.05, 4.69) is 0 Å². The summed E-state index contributed by atoms with van der Waals surface area (Å²) in [6.07, 6.45) is 5.11. The molecule has 4 unspecified atom stereocenters. The van der Waals surface area contributed by atoms with Crippen LogP contribution in [0.2, 0.25) is 0 Å². The Hall–Kier alpha value is -1.66. The summed E-state index contributed by atoms with van der Waals surface area (Å²) < 4.78 is 21.7. The lowest BCUT2D eigenvalue weighted by molar-refractivity contribution is -0.174. The molecule has 4 aliphatic rings. The van der Waals surface area contributed by atoms with E-state index in [0.29, 0.717) is 0 Å². The molecule has 4 atom stereocenters. The number of carbonyl (C=O) groups excluding carboxylic acids is 2. The molecule has 4 bridgehead atoms. The van der Waals surface area contributed by atoms with E-state index >= 15 is 0 Å². The third-order valence-corrected chi connectivity index (χ3v) is 5.03. The molecule has 4 aliphatic heterocycles. The Labute approximate surface area is 115 Å². The monoisotopic (exact) mass is 278 g/mol. The summed E-state index contributed by atoms with van der Waals surface area (Å²) in [5, 5.41) is 0. The number of ether oxygens (including phenoxy) is 4. The fourth-order valence-electron chi connectivity index (χ4n) is 4.34. The summed E-state index contributed by atoms with van der Waals surface area (Å²) in [7, 11) is 2.62. The highest BCUT2D eigenvalue weighted by Gasteiger charge is 2.85. The van der Waals surface area contributed by atoms with Gasteiger partial charge >= 0.3 is 11.9 Å². The van der Waals surface area contributed by atoms with Crippen molar-refractivity contribution < 1.29 is 28.5 Å². The highest BCUT2D eigenvalue weighted by atomic mass is 16.6. The number of methoxy groups -OCH3 is 2. The van der Waals surface area contributed by atoms with Gasteiger partial charge in [-0.05, 0) is 0 Å². The Bertz CT molecular complexity index is 488. The Kier molecular flexibility index (Phi) is 2.12. The lowest BCUT2D eigenvalue weighted by Gasteiger charge is -2.42. The SMILES string of the molecule is COC(=O)C12C3C=CC(O3)C1(C(=O)OC)C1C=CC2O1. The molecule has 4 rings (SSSR count). The van der Waals surface area contributed by atoms with Gasteiger partial charge in [0, 0.05) is 0 Å². The summed E-state index contributed by atoms with van der Waals surface area (Å²) in [6, 6.07) is 0. The van der Waals surface area contributed by atoms with Crippen LogP contribution in [0.4, 0.5) is 0 Å². The first kappa shape index (κ1) is 12.1. The van der Waals surface area contributed by atoms with Crippen molar-refractivity contribution in [3.05, 3.63) is 24.3 Å². The van der Waals surface area contributed by atoms with Crippen molar-refractivity contribution in [3.63, 3.8) is 0 Å². The summed E-state index contributed by atoms with van der Waals surface area (Å²) in [4.78, 5) is 25.1. The average Bonchev–Trinajstić information content (AvgIpc) is 3.21. The standard InChI is InChI=1S/C14H14O6/c1-17-11(15)13-7-3-5-9(19-7)14(13,12(16)18-2)10-6-4-8(13)20-10/h3-10H,1-2H3. The van der Waals surface area contributed by atoms with Gasteiger partial charge in [-0.3, -0.25) is 9.59 Å². The predicted molar refractivity (Wildman–Crippen MR) is 64.5 cm³/mol. The highest BCUT2D eigenvalue weighted by Crippen LogP contribution is 2.69. The number of esters is 2. The van der Waals surface area contributed by atoms with Crippen LogP contribution >= 0.6 is 0 Å². The second kappa shape index (κ2) is 3.51. The van der Waals surface area contributed by atoms with Crippen molar-refractivity contribution in [1.82, 2.24) is 0 Å². The third kappa shape index (κ3) is 0.901. The maximum absolute atomic E-state index is 12.6. The Morgan fingerprint density at radius 2 is 1.10 bits per heavy atom. The fourth-order valence-corrected chi connectivity index (χ4v) is 4.34. The van der Waals surface area contributed by atoms with Crippen LogP contribution < -0.4 is 0 Å². The number of hydrogen-bond acceptors (Lipinski definition) is 6. The number of carbonyl (C=O) groups is 2. The van der Waals surface area contributed by atoms with Crippen LogP contribution in [0, 0.1) is 10.8 Å². The van der Waals surface area contributed by atoms with Crippen LogP contribution in [0.3, 0.4) is 0 Å². The largest absolute Gasteiger partial charge is 0.468 e. The quantitative estimate of drug-likeness (QED) is 0.522. The van der Waals surface area contributed by atoms with Crippen molar-refractivity contribution in [2.75, 3.05) is 14.2 Å². The Morgan fingerprint density at radius 1 is 0.800 bits per heavy atom. The zero-order valence-electron chi connectivity index (χ0n) is 11.1. The zero-order valence-corrected chi connectivity index (χ0v) is 11.1. The maximum Gasteiger partial charge on any atom is 0.319 e. The molecule has 0 radical (unpaired) electrons. The molecule has 0 amide bonds. The normalized spacial score (nSPS) is 49.5. The van der Waals surface area contributed by atoms with Crippen LogP contribution in [0.25, 0.3) is 0 Å². The molecule has 0 saturated carbocycles. The molecule has 0 aromatic rings. The van der Waals surface area contributed by atoms with Crippen molar-refractivity contribution >= 4 is 11.9 Å². The first-order valence-corrected chi connectivity index (χ1v) is 6.48. The molecular weight excluding hydrogens is 264 g/mol. The minimum absolute atomic E-state index is 0.489. The number of hydrogen-bond donors (Lipinski definition) is 0. The van der Waals surface area contributed by atoms with E-state index in [1.54, 1.807) is 24.3 Å². The first-order chi connectivity index (χ1) is 9.63. The number of fused-ring (bicyclic) bond motifs is 9. The van der Waals surface area contributed by atoms with Crippen LogP contribution in [0.5, 0.6) is 0 Å². The molecule has 6 nitrogen and oxygen atoms in total. The van der Waals surface area contributed by atoms with Gasteiger partial charge in [-0.15, -0.1) is 0 Å². The molecule has 0 spiro atoms. The van der Waals surface area contributed by atoms with E-state index in [1.165, 1.54) is 14.2 Å². The lowest BCUT2D eigenvalue weighted by atomic mass is 9.53. The second-order valence-corrected chi connectivity index (χ2v) is 5.45. The van der Waals surface area contributed by atoms with Crippen LogP contribution in [-0.4, -0.2) is 50.6 Å². The van der Waals surface area contributed by atoms with E-state index in [0.717, 1.165) is 0 Å².